The first-order valence-corrected chi connectivity index (χ1v) is 5.94. The molecule has 4 unspecified atom stereocenters. The van der Waals surface area contributed by atoms with Crippen molar-refractivity contribution < 1.29 is 0 Å². The second kappa shape index (κ2) is 5.53. The quantitative estimate of drug-likeness (QED) is 0.710. The molecule has 1 aliphatic rings. The van der Waals surface area contributed by atoms with Crippen LogP contribution in [0.15, 0.2) is 0 Å². The number of nitrogens with one attached hydrogen (secondary N) is 1. The first-order chi connectivity index (χ1) is 7.04. The van der Waals surface area contributed by atoms with E-state index in [1.165, 1.54) is 13.0 Å². The zero-order chi connectivity index (χ0) is 11.4. The highest BCUT2D eigenvalue weighted by Crippen LogP contribution is 2.21. The summed E-state index contributed by atoms with van der Waals surface area (Å²) in [6.07, 6.45) is 7.38. The van der Waals surface area contributed by atoms with Crippen molar-refractivity contribution in [1.82, 2.24) is 10.2 Å². The Morgan fingerprint density at radius 1 is 1.53 bits per heavy atom. The molecule has 0 aromatic carbocycles. The summed E-state index contributed by atoms with van der Waals surface area (Å²) in [6.45, 7) is 7.98. The molecular weight excluding hydrogens is 184 g/mol. The monoisotopic (exact) mass is 208 g/mol. The fraction of sp³-hybridized carbons (Fsp3) is 0.846. The van der Waals surface area contributed by atoms with Crippen molar-refractivity contribution in [1.29, 1.82) is 0 Å². The van der Waals surface area contributed by atoms with Gasteiger partial charge in [0.2, 0.25) is 0 Å². The van der Waals surface area contributed by atoms with Crippen LogP contribution >= 0.6 is 0 Å². The molecule has 15 heavy (non-hydrogen) atoms. The molecule has 0 bridgehead atoms. The van der Waals surface area contributed by atoms with Crippen LogP contribution in [-0.2, 0) is 0 Å². The van der Waals surface area contributed by atoms with E-state index < -0.39 is 0 Å². The van der Waals surface area contributed by atoms with Gasteiger partial charge in [-0.2, -0.15) is 0 Å². The Hall–Kier alpha value is -0.520. The topological polar surface area (TPSA) is 15.3 Å². The van der Waals surface area contributed by atoms with Gasteiger partial charge in [-0.05, 0) is 33.2 Å². The molecule has 0 aromatic heterocycles. The Labute approximate surface area is 94.4 Å². The number of piperidine rings is 1. The van der Waals surface area contributed by atoms with Gasteiger partial charge >= 0.3 is 0 Å². The highest BCUT2D eigenvalue weighted by molar-refractivity contribution is 4.92. The number of rotatable bonds is 3. The summed E-state index contributed by atoms with van der Waals surface area (Å²) in [4.78, 5) is 2.44. The van der Waals surface area contributed by atoms with E-state index in [1.807, 2.05) is 0 Å². The van der Waals surface area contributed by atoms with E-state index in [1.54, 1.807) is 0 Å². The largest absolute Gasteiger partial charge is 0.310 e. The lowest BCUT2D eigenvalue weighted by Gasteiger charge is -2.41. The van der Waals surface area contributed by atoms with Crippen LogP contribution in [0.2, 0.25) is 0 Å². The van der Waals surface area contributed by atoms with Crippen molar-refractivity contribution in [2.75, 3.05) is 13.6 Å². The van der Waals surface area contributed by atoms with Crippen molar-refractivity contribution in [2.24, 2.45) is 5.92 Å². The maximum atomic E-state index is 5.32. The molecule has 1 rings (SSSR count). The van der Waals surface area contributed by atoms with Crippen LogP contribution in [0.5, 0.6) is 0 Å². The van der Waals surface area contributed by atoms with E-state index in [2.05, 4.69) is 44.0 Å². The standard InChI is InChI=1S/C13H24N2/c1-6-7-11(3)14-13-8-12(4)15(5)9-10(13)2/h1,10-14H,7-9H2,2-5H3. The van der Waals surface area contributed by atoms with Gasteiger partial charge in [0.1, 0.15) is 0 Å². The third kappa shape index (κ3) is 3.52. The van der Waals surface area contributed by atoms with Gasteiger partial charge in [0, 0.05) is 31.1 Å². The molecule has 4 atom stereocenters. The molecule has 1 aliphatic heterocycles. The molecule has 1 heterocycles. The van der Waals surface area contributed by atoms with Gasteiger partial charge in [-0.1, -0.05) is 6.92 Å². The summed E-state index contributed by atoms with van der Waals surface area (Å²) in [5.74, 6) is 3.43. The van der Waals surface area contributed by atoms with E-state index in [-0.39, 0.29) is 0 Å². The molecule has 2 nitrogen and oxygen atoms in total. The minimum absolute atomic E-state index is 0.443. The van der Waals surface area contributed by atoms with Crippen LogP contribution in [0.1, 0.15) is 33.6 Å². The third-order valence-corrected chi connectivity index (χ3v) is 3.53. The predicted octanol–water partition coefficient (Wildman–Crippen LogP) is 1.72. The molecule has 0 amide bonds. The maximum Gasteiger partial charge on any atom is 0.0238 e. The van der Waals surface area contributed by atoms with E-state index in [9.17, 15) is 0 Å². The Bertz CT molecular complexity index is 231. The molecular formula is C13H24N2. The summed E-state index contributed by atoms with van der Waals surface area (Å²) in [5.41, 5.74) is 0. The summed E-state index contributed by atoms with van der Waals surface area (Å²) < 4.78 is 0. The van der Waals surface area contributed by atoms with E-state index in [0.717, 1.165) is 6.42 Å². The summed E-state index contributed by atoms with van der Waals surface area (Å²) in [5, 5.41) is 3.65. The average molecular weight is 208 g/mol. The van der Waals surface area contributed by atoms with Crippen LogP contribution < -0.4 is 5.32 Å². The van der Waals surface area contributed by atoms with Crippen molar-refractivity contribution in [3.8, 4) is 12.3 Å². The van der Waals surface area contributed by atoms with E-state index in [4.69, 9.17) is 6.42 Å². The lowest BCUT2D eigenvalue weighted by molar-refractivity contribution is 0.117. The Morgan fingerprint density at radius 3 is 2.80 bits per heavy atom. The number of hydrogen-bond acceptors (Lipinski definition) is 2. The molecule has 86 valence electrons. The maximum absolute atomic E-state index is 5.32. The van der Waals surface area contributed by atoms with Crippen molar-refractivity contribution in [2.45, 2.75) is 51.7 Å². The van der Waals surface area contributed by atoms with Crippen molar-refractivity contribution >= 4 is 0 Å². The van der Waals surface area contributed by atoms with Gasteiger partial charge in [0.25, 0.3) is 0 Å². The van der Waals surface area contributed by atoms with Gasteiger partial charge in [0.15, 0.2) is 0 Å². The third-order valence-electron chi connectivity index (χ3n) is 3.53. The molecule has 0 saturated carbocycles. The molecule has 1 fully saturated rings. The molecule has 0 aromatic rings. The van der Waals surface area contributed by atoms with Gasteiger partial charge in [-0.15, -0.1) is 12.3 Å². The molecule has 0 spiro atoms. The van der Waals surface area contributed by atoms with Crippen LogP contribution in [0.3, 0.4) is 0 Å². The van der Waals surface area contributed by atoms with Crippen LogP contribution in [0.25, 0.3) is 0 Å². The van der Waals surface area contributed by atoms with Gasteiger partial charge < -0.3 is 10.2 Å². The van der Waals surface area contributed by atoms with Gasteiger partial charge in [-0.25, -0.2) is 0 Å². The highest BCUT2D eigenvalue weighted by atomic mass is 15.2. The van der Waals surface area contributed by atoms with Crippen molar-refractivity contribution in [3.63, 3.8) is 0 Å². The molecule has 1 N–H and O–H groups in total. The summed E-state index contributed by atoms with van der Waals surface area (Å²) in [6, 6.07) is 1.74. The average Bonchev–Trinajstić information content (AvgIpc) is 2.14. The lowest BCUT2D eigenvalue weighted by Crippen LogP contribution is -2.52. The molecule has 0 aliphatic carbocycles. The smallest absolute Gasteiger partial charge is 0.0238 e. The molecule has 1 saturated heterocycles. The van der Waals surface area contributed by atoms with Crippen LogP contribution in [0.4, 0.5) is 0 Å². The zero-order valence-corrected chi connectivity index (χ0v) is 10.5. The molecule has 0 radical (unpaired) electrons. The van der Waals surface area contributed by atoms with Crippen molar-refractivity contribution in [3.05, 3.63) is 0 Å². The first-order valence-electron chi connectivity index (χ1n) is 5.94. The van der Waals surface area contributed by atoms with Crippen LogP contribution in [-0.4, -0.2) is 36.6 Å². The Balaban J connectivity index is 2.44. The first kappa shape index (κ1) is 12.5. The minimum atomic E-state index is 0.443. The molecule has 2 heteroatoms. The predicted molar refractivity (Wildman–Crippen MR) is 65.7 cm³/mol. The van der Waals surface area contributed by atoms with Gasteiger partial charge in [-0.3, -0.25) is 0 Å². The number of nitrogens with zero attached hydrogens (tertiary/aromatic N) is 1. The van der Waals surface area contributed by atoms with E-state index >= 15 is 0 Å². The Kier molecular flexibility index (Phi) is 4.63. The summed E-state index contributed by atoms with van der Waals surface area (Å²) >= 11 is 0. The number of likely N-dealkylation sites (tertiary alicyclic amines) is 1. The number of terminal acetylenes is 1. The number of hydrogen-bond donors (Lipinski definition) is 1. The normalized spacial score (nSPS) is 34.7. The fourth-order valence-electron chi connectivity index (χ4n) is 2.37. The SMILES string of the molecule is C#CCC(C)NC1CC(C)N(C)CC1C. The lowest BCUT2D eigenvalue weighted by atomic mass is 9.89. The van der Waals surface area contributed by atoms with Crippen LogP contribution in [0, 0.1) is 18.3 Å². The summed E-state index contributed by atoms with van der Waals surface area (Å²) in [7, 11) is 2.21. The highest BCUT2D eigenvalue weighted by Gasteiger charge is 2.29. The fourth-order valence-corrected chi connectivity index (χ4v) is 2.37. The Morgan fingerprint density at radius 2 is 2.20 bits per heavy atom. The second-order valence-corrected chi connectivity index (χ2v) is 5.08. The minimum Gasteiger partial charge on any atom is -0.310 e. The van der Waals surface area contributed by atoms with Gasteiger partial charge in [0.05, 0.1) is 0 Å². The second-order valence-electron chi connectivity index (χ2n) is 5.08. The zero-order valence-electron chi connectivity index (χ0n) is 10.5. The van der Waals surface area contributed by atoms with E-state index in [0.29, 0.717) is 24.0 Å².